The summed E-state index contributed by atoms with van der Waals surface area (Å²) in [6.45, 7) is 9.53. The number of nitrogens with zero attached hydrogens (tertiary/aromatic N) is 2. The van der Waals surface area contributed by atoms with Gasteiger partial charge in [0.25, 0.3) is 0 Å². The summed E-state index contributed by atoms with van der Waals surface area (Å²) in [7, 11) is 0. The summed E-state index contributed by atoms with van der Waals surface area (Å²) in [5, 5.41) is 12.5. The molecule has 0 radical (unpaired) electrons. The molecule has 2 saturated heterocycles. The molecule has 110 valence electrons. The number of hydrogen-bond donors (Lipinski definition) is 2. The predicted octanol–water partition coefficient (Wildman–Crippen LogP) is 0.609. The number of carboxylic acids is 1. The zero-order valence-corrected chi connectivity index (χ0v) is 12.2. The molecule has 2 unspecified atom stereocenters. The first-order valence-electron chi connectivity index (χ1n) is 7.50. The molecule has 5 nitrogen and oxygen atoms in total. The van der Waals surface area contributed by atoms with Gasteiger partial charge in [-0.3, -0.25) is 14.6 Å². The highest BCUT2D eigenvalue weighted by molar-refractivity contribution is 5.78. The fourth-order valence-corrected chi connectivity index (χ4v) is 3.40. The minimum absolute atomic E-state index is 0.598. The summed E-state index contributed by atoms with van der Waals surface area (Å²) >= 11 is 0. The third kappa shape index (κ3) is 3.46. The molecule has 2 heterocycles. The van der Waals surface area contributed by atoms with Crippen molar-refractivity contribution >= 4 is 5.97 Å². The Morgan fingerprint density at radius 1 is 1.37 bits per heavy atom. The lowest BCUT2D eigenvalue weighted by atomic mass is 10.0. The van der Waals surface area contributed by atoms with Gasteiger partial charge in [0.15, 0.2) is 0 Å². The van der Waals surface area contributed by atoms with Crippen molar-refractivity contribution in [3.8, 4) is 0 Å². The maximum absolute atomic E-state index is 11.4. The third-order valence-electron chi connectivity index (χ3n) is 4.48. The van der Waals surface area contributed by atoms with E-state index in [0.717, 1.165) is 13.1 Å². The lowest BCUT2D eigenvalue weighted by molar-refractivity contribution is -0.144. The maximum Gasteiger partial charge on any atom is 0.324 e. The van der Waals surface area contributed by atoms with Crippen LogP contribution in [0.15, 0.2) is 0 Å². The fourth-order valence-electron chi connectivity index (χ4n) is 3.40. The van der Waals surface area contributed by atoms with Crippen molar-refractivity contribution in [1.82, 2.24) is 15.1 Å². The molecule has 2 atom stereocenters. The molecule has 0 saturated carbocycles. The highest BCUT2D eigenvalue weighted by Gasteiger charge is 2.37. The second kappa shape index (κ2) is 6.20. The molecule has 2 aliphatic heterocycles. The van der Waals surface area contributed by atoms with Crippen LogP contribution in [-0.2, 0) is 4.79 Å². The van der Waals surface area contributed by atoms with Gasteiger partial charge in [0.1, 0.15) is 5.54 Å². The van der Waals surface area contributed by atoms with Crippen LogP contribution >= 0.6 is 0 Å². The van der Waals surface area contributed by atoms with Crippen molar-refractivity contribution in [2.75, 3.05) is 39.3 Å². The van der Waals surface area contributed by atoms with Gasteiger partial charge in [-0.25, -0.2) is 0 Å². The first-order valence-corrected chi connectivity index (χ1v) is 7.50. The van der Waals surface area contributed by atoms with Gasteiger partial charge in [-0.15, -0.1) is 0 Å². The Hall–Kier alpha value is -0.650. The molecule has 0 amide bonds. The zero-order chi connectivity index (χ0) is 13.9. The van der Waals surface area contributed by atoms with Gasteiger partial charge in [-0.2, -0.15) is 0 Å². The maximum atomic E-state index is 11.4. The molecule has 2 rings (SSSR count). The number of hydrogen-bond acceptors (Lipinski definition) is 4. The van der Waals surface area contributed by atoms with Gasteiger partial charge in [-0.05, 0) is 52.4 Å². The number of likely N-dealkylation sites (N-methyl/N-ethyl adjacent to an activating group) is 1. The Balaban J connectivity index is 1.87. The minimum atomic E-state index is -0.825. The topological polar surface area (TPSA) is 55.8 Å². The lowest BCUT2D eigenvalue weighted by Gasteiger charge is -2.31. The van der Waals surface area contributed by atoms with Crippen LogP contribution in [0.1, 0.15) is 33.1 Å². The van der Waals surface area contributed by atoms with Crippen molar-refractivity contribution < 1.29 is 9.90 Å². The molecule has 0 aromatic rings. The average molecular weight is 269 g/mol. The molecule has 19 heavy (non-hydrogen) atoms. The number of nitrogens with one attached hydrogen (secondary N) is 1. The van der Waals surface area contributed by atoms with Crippen LogP contribution in [0, 0.1) is 0 Å². The van der Waals surface area contributed by atoms with Gasteiger partial charge < -0.3 is 10.4 Å². The quantitative estimate of drug-likeness (QED) is 0.740. The highest BCUT2D eigenvalue weighted by atomic mass is 16.4. The summed E-state index contributed by atoms with van der Waals surface area (Å²) in [4.78, 5) is 16.3. The Morgan fingerprint density at radius 3 is 2.63 bits per heavy atom. The van der Waals surface area contributed by atoms with E-state index >= 15 is 0 Å². The monoisotopic (exact) mass is 269 g/mol. The summed E-state index contributed by atoms with van der Waals surface area (Å²) < 4.78 is 0. The van der Waals surface area contributed by atoms with E-state index in [0.29, 0.717) is 19.1 Å². The summed E-state index contributed by atoms with van der Waals surface area (Å²) in [5.41, 5.74) is -0.825. The molecule has 2 N–H and O–H groups in total. The van der Waals surface area contributed by atoms with Crippen molar-refractivity contribution in [2.45, 2.75) is 44.7 Å². The summed E-state index contributed by atoms with van der Waals surface area (Å²) in [6.07, 6.45) is 3.82. The van der Waals surface area contributed by atoms with Gasteiger partial charge in [0.2, 0.25) is 0 Å². The second-order valence-electron chi connectivity index (χ2n) is 6.09. The SMILES string of the molecule is CCNC(C)(CN1CCC(N2CCCC2)C1)C(=O)O. The van der Waals surface area contributed by atoms with Crippen LogP contribution in [0.5, 0.6) is 0 Å². The third-order valence-corrected chi connectivity index (χ3v) is 4.48. The summed E-state index contributed by atoms with van der Waals surface area (Å²) in [6, 6.07) is 0.641. The van der Waals surface area contributed by atoms with Crippen molar-refractivity contribution in [1.29, 1.82) is 0 Å². The molecule has 0 aromatic heterocycles. The van der Waals surface area contributed by atoms with E-state index in [-0.39, 0.29) is 0 Å². The Kier molecular flexibility index (Phi) is 4.81. The normalized spacial score (nSPS) is 28.6. The van der Waals surface area contributed by atoms with E-state index in [1.807, 2.05) is 6.92 Å². The Morgan fingerprint density at radius 2 is 2.05 bits per heavy atom. The lowest BCUT2D eigenvalue weighted by Crippen LogP contribution is -2.56. The number of carbonyl (C=O) groups is 1. The Bertz CT molecular complexity index is 318. The molecular formula is C14H27N3O2. The van der Waals surface area contributed by atoms with E-state index < -0.39 is 11.5 Å². The standard InChI is InChI=1S/C14H27N3O2/c1-3-15-14(2,13(18)19)11-16-9-6-12(10-16)17-7-4-5-8-17/h12,15H,3-11H2,1-2H3,(H,18,19). The van der Waals surface area contributed by atoms with Crippen LogP contribution in [-0.4, -0.2) is 71.7 Å². The Labute approximate surface area is 115 Å². The van der Waals surface area contributed by atoms with Crippen LogP contribution in [0.4, 0.5) is 0 Å². The van der Waals surface area contributed by atoms with Crippen molar-refractivity contribution in [3.63, 3.8) is 0 Å². The van der Waals surface area contributed by atoms with Crippen LogP contribution in [0.2, 0.25) is 0 Å². The molecule has 2 aliphatic rings. The van der Waals surface area contributed by atoms with E-state index in [1.54, 1.807) is 6.92 Å². The van der Waals surface area contributed by atoms with E-state index in [4.69, 9.17) is 0 Å². The molecular weight excluding hydrogens is 242 g/mol. The zero-order valence-electron chi connectivity index (χ0n) is 12.2. The minimum Gasteiger partial charge on any atom is -0.480 e. The molecule has 0 bridgehead atoms. The van der Waals surface area contributed by atoms with Crippen LogP contribution in [0.25, 0.3) is 0 Å². The predicted molar refractivity (Wildman–Crippen MR) is 75.4 cm³/mol. The smallest absolute Gasteiger partial charge is 0.324 e. The molecule has 0 spiro atoms. The first-order chi connectivity index (χ1) is 9.05. The number of aliphatic carboxylic acids is 1. The van der Waals surface area contributed by atoms with Crippen LogP contribution < -0.4 is 5.32 Å². The number of carboxylic acid groups (broad SMARTS) is 1. The highest BCUT2D eigenvalue weighted by Crippen LogP contribution is 2.21. The fraction of sp³-hybridized carbons (Fsp3) is 0.929. The van der Waals surface area contributed by atoms with E-state index in [2.05, 4.69) is 15.1 Å². The molecule has 2 fully saturated rings. The molecule has 5 heteroatoms. The van der Waals surface area contributed by atoms with Crippen LogP contribution in [0.3, 0.4) is 0 Å². The number of likely N-dealkylation sites (tertiary alicyclic amines) is 2. The number of rotatable bonds is 6. The van der Waals surface area contributed by atoms with E-state index in [1.165, 1.54) is 32.4 Å². The largest absolute Gasteiger partial charge is 0.480 e. The first kappa shape index (κ1) is 14.8. The van der Waals surface area contributed by atoms with E-state index in [9.17, 15) is 9.90 Å². The second-order valence-corrected chi connectivity index (χ2v) is 6.09. The van der Waals surface area contributed by atoms with Gasteiger partial charge >= 0.3 is 5.97 Å². The van der Waals surface area contributed by atoms with Crippen molar-refractivity contribution in [2.24, 2.45) is 0 Å². The van der Waals surface area contributed by atoms with Crippen molar-refractivity contribution in [3.05, 3.63) is 0 Å². The van der Waals surface area contributed by atoms with Gasteiger partial charge in [0, 0.05) is 19.1 Å². The van der Waals surface area contributed by atoms with Gasteiger partial charge in [0.05, 0.1) is 0 Å². The molecule has 0 aliphatic carbocycles. The average Bonchev–Trinajstić information content (AvgIpc) is 2.98. The summed E-state index contributed by atoms with van der Waals surface area (Å²) in [5.74, 6) is -0.751. The van der Waals surface area contributed by atoms with Gasteiger partial charge in [-0.1, -0.05) is 6.92 Å². The molecule has 0 aromatic carbocycles.